The van der Waals surface area contributed by atoms with E-state index in [4.69, 9.17) is 9.26 Å². The second-order valence-electron chi connectivity index (χ2n) is 5.91. The zero-order chi connectivity index (χ0) is 14.7. The zero-order valence-electron chi connectivity index (χ0n) is 12.6. The number of hydrogen-bond donors (Lipinski definition) is 0. The molecule has 0 aliphatic carbocycles. The van der Waals surface area contributed by atoms with Crippen LogP contribution in [0.5, 0.6) is 0 Å². The number of ether oxygens (including phenoxy) is 1. The van der Waals surface area contributed by atoms with E-state index in [1.54, 1.807) is 6.07 Å². The summed E-state index contributed by atoms with van der Waals surface area (Å²) >= 11 is 0. The molecule has 116 valence electrons. The van der Waals surface area contributed by atoms with Crippen LogP contribution in [0, 0.1) is 6.92 Å². The summed E-state index contributed by atoms with van der Waals surface area (Å²) in [4.78, 5) is 16.6. The van der Waals surface area contributed by atoms with Gasteiger partial charge in [-0.25, -0.2) is 0 Å². The number of nitrogens with zero attached hydrogens (tertiary/aromatic N) is 3. The molecule has 1 unspecified atom stereocenters. The average Bonchev–Trinajstić information content (AvgIpc) is 3.07. The third-order valence-electron chi connectivity index (χ3n) is 4.20. The van der Waals surface area contributed by atoms with Gasteiger partial charge in [0.05, 0.1) is 11.8 Å². The largest absolute Gasteiger partial charge is 0.377 e. The molecule has 6 nitrogen and oxygen atoms in total. The minimum absolute atomic E-state index is 0.0467. The molecule has 0 N–H and O–H groups in total. The molecule has 2 saturated heterocycles. The Kier molecular flexibility index (Phi) is 4.55. The van der Waals surface area contributed by atoms with Gasteiger partial charge in [-0.1, -0.05) is 5.16 Å². The van der Waals surface area contributed by atoms with Gasteiger partial charge >= 0.3 is 0 Å². The Labute approximate surface area is 125 Å². The first-order chi connectivity index (χ1) is 10.2. The lowest BCUT2D eigenvalue weighted by Crippen LogP contribution is -2.37. The Hall–Kier alpha value is -1.40. The molecule has 6 heteroatoms. The number of aromatic nitrogens is 1. The van der Waals surface area contributed by atoms with Crippen molar-refractivity contribution in [3.63, 3.8) is 0 Å². The fraction of sp³-hybridized carbons (Fsp3) is 0.733. The molecule has 0 spiro atoms. The maximum Gasteiger partial charge on any atom is 0.292 e. The standard InChI is InChI=1S/C15H23N3O3/c1-12-10-14(21-16-12)15(19)18-6-3-5-17(7-8-18)11-13-4-2-9-20-13/h10,13H,2-9,11H2,1H3. The van der Waals surface area contributed by atoms with Crippen LogP contribution in [0.15, 0.2) is 10.6 Å². The Morgan fingerprint density at radius 2 is 2.24 bits per heavy atom. The van der Waals surface area contributed by atoms with E-state index in [0.717, 1.165) is 57.9 Å². The van der Waals surface area contributed by atoms with Gasteiger partial charge in [-0.3, -0.25) is 9.69 Å². The van der Waals surface area contributed by atoms with Gasteiger partial charge in [0.25, 0.3) is 5.91 Å². The van der Waals surface area contributed by atoms with Crippen molar-refractivity contribution in [1.82, 2.24) is 15.0 Å². The SMILES string of the molecule is Cc1cc(C(=O)N2CCCN(CC3CCCO3)CC2)on1. The summed E-state index contributed by atoms with van der Waals surface area (Å²) in [7, 11) is 0. The quantitative estimate of drug-likeness (QED) is 0.841. The number of carbonyl (C=O) groups is 1. The summed E-state index contributed by atoms with van der Waals surface area (Å²) in [5.74, 6) is 0.301. The fourth-order valence-electron chi connectivity index (χ4n) is 3.05. The molecule has 0 bridgehead atoms. The van der Waals surface area contributed by atoms with Crippen molar-refractivity contribution in [2.45, 2.75) is 32.3 Å². The van der Waals surface area contributed by atoms with Gasteiger partial charge in [-0.05, 0) is 32.7 Å². The molecule has 0 saturated carbocycles. The molecular weight excluding hydrogens is 270 g/mol. The highest BCUT2D eigenvalue weighted by Crippen LogP contribution is 2.15. The van der Waals surface area contributed by atoms with Gasteiger partial charge in [0, 0.05) is 38.9 Å². The van der Waals surface area contributed by atoms with Crippen LogP contribution < -0.4 is 0 Å². The van der Waals surface area contributed by atoms with E-state index in [2.05, 4.69) is 10.1 Å². The first kappa shape index (κ1) is 14.5. The summed E-state index contributed by atoms with van der Waals surface area (Å²) in [6, 6.07) is 1.71. The van der Waals surface area contributed by atoms with E-state index in [1.807, 2.05) is 11.8 Å². The maximum atomic E-state index is 12.4. The number of rotatable bonds is 3. The Morgan fingerprint density at radius 1 is 1.33 bits per heavy atom. The van der Waals surface area contributed by atoms with Crippen LogP contribution in [0.25, 0.3) is 0 Å². The minimum Gasteiger partial charge on any atom is -0.377 e. The van der Waals surface area contributed by atoms with E-state index in [0.29, 0.717) is 11.9 Å². The predicted molar refractivity (Wildman–Crippen MR) is 77.2 cm³/mol. The fourth-order valence-corrected chi connectivity index (χ4v) is 3.05. The van der Waals surface area contributed by atoms with Crippen LogP contribution in [-0.4, -0.2) is 66.3 Å². The third kappa shape index (κ3) is 3.63. The van der Waals surface area contributed by atoms with Crippen LogP contribution in [0.2, 0.25) is 0 Å². The monoisotopic (exact) mass is 293 g/mol. The average molecular weight is 293 g/mol. The zero-order valence-corrected chi connectivity index (χ0v) is 12.6. The van der Waals surface area contributed by atoms with Crippen molar-refractivity contribution in [1.29, 1.82) is 0 Å². The van der Waals surface area contributed by atoms with Crippen molar-refractivity contribution >= 4 is 5.91 Å². The highest BCUT2D eigenvalue weighted by molar-refractivity contribution is 5.91. The van der Waals surface area contributed by atoms with Gasteiger partial charge < -0.3 is 14.2 Å². The van der Waals surface area contributed by atoms with Gasteiger partial charge in [0.1, 0.15) is 0 Å². The summed E-state index contributed by atoms with van der Waals surface area (Å²) in [6.45, 7) is 7.16. The van der Waals surface area contributed by atoms with E-state index >= 15 is 0 Å². The second kappa shape index (κ2) is 6.58. The van der Waals surface area contributed by atoms with Crippen LogP contribution in [0.4, 0.5) is 0 Å². The summed E-state index contributed by atoms with van der Waals surface area (Å²) in [5, 5.41) is 3.79. The molecule has 3 rings (SSSR count). The lowest BCUT2D eigenvalue weighted by atomic mass is 10.2. The number of amides is 1. The molecular formula is C15H23N3O3. The van der Waals surface area contributed by atoms with Crippen molar-refractivity contribution in [2.75, 3.05) is 39.3 Å². The summed E-state index contributed by atoms with van der Waals surface area (Å²) in [5.41, 5.74) is 0.744. The molecule has 2 aliphatic heterocycles. The van der Waals surface area contributed by atoms with Crippen LogP contribution in [-0.2, 0) is 4.74 Å². The van der Waals surface area contributed by atoms with E-state index < -0.39 is 0 Å². The number of carbonyl (C=O) groups excluding carboxylic acids is 1. The third-order valence-corrected chi connectivity index (χ3v) is 4.20. The smallest absolute Gasteiger partial charge is 0.292 e. The molecule has 2 fully saturated rings. The molecule has 0 radical (unpaired) electrons. The molecule has 1 amide bonds. The lowest BCUT2D eigenvalue weighted by Gasteiger charge is -2.23. The second-order valence-corrected chi connectivity index (χ2v) is 5.91. The van der Waals surface area contributed by atoms with E-state index in [1.165, 1.54) is 6.42 Å². The van der Waals surface area contributed by atoms with Crippen molar-refractivity contribution in [3.05, 3.63) is 17.5 Å². The van der Waals surface area contributed by atoms with Gasteiger partial charge in [-0.2, -0.15) is 0 Å². The highest BCUT2D eigenvalue weighted by atomic mass is 16.5. The molecule has 2 aliphatic rings. The normalized spacial score (nSPS) is 24.2. The van der Waals surface area contributed by atoms with Gasteiger partial charge in [0.2, 0.25) is 5.76 Å². The van der Waals surface area contributed by atoms with Gasteiger partial charge in [-0.15, -0.1) is 0 Å². The predicted octanol–water partition coefficient (Wildman–Crippen LogP) is 1.31. The molecule has 3 heterocycles. The van der Waals surface area contributed by atoms with Crippen LogP contribution >= 0.6 is 0 Å². The molecule has 1 atom stereocenters. The van der Waals surface area contributed by atoms with Crippen molar-refractivity contribution in [2.24, 2.45) is 0 Å². The first-order valence-corrected chi connectivity index (χ1v) is 7.79. The van der Waals surface area contributed by atoms with E-state index in [9.17, 15) is 4.79 Å². The Morgan fingerprint density at radius 3 is 2.95 bits per heavy atom. The molecule has 21 heavy (non-hydrogen) atoms. The highest BCUT2D eigenvalue weighted by Gasteiger charge is 2.25. The number of aryl methyl sites for hydroxylation is 1. The molecule has 0 aromatic carbocycles. The van der Waals surface area contributed by atoms with Crippen molar-refractivity contribution in [3.8, 4) is 0 Å². The molecule has 1 aromatic rings. The Bertz CT molecular complexity index is 482. The van der Waals surface area contributed by atoms with Crippen LogP contribution in [0.3, 0.4) is 0 Å². The Balaban J connectivity index is 1.53. The van der Waals surface area contributed by atoms with Crippen molar-refractivity contribution < 1.29 is 14.1 Å². The number of hydrogen-bond acceptors (Lipinski definition) is 5. The van der Waals surface area contributed by atoms with E-state index in [-0.39, 0.29) is 5.91 Å². The summed E-state index contributed by atoms with van der Waals surface area (Å²) in [6.07, 6.45) is 3.71. The minimum atomic E-state index is -0.0467. The topological polar surface area (TPSA) is 58.8 Å². The molecule has 1 aromatic heterocycles. The lowest BCUT2D eigenvalue weighted by molar-refractivity contribution is 0.0681. The summed E-state index contributed by atoms with van der Waals surface area (Å²) < 4.78 is 10.8. The van der Waals surface area contributed by atoms with Crippen LogP contribution in [0.1, 0.15) is 35.5 Å². The first-order valence-electron chi connectivity index (χ1n) is 7.79. The van der Waals surface area contributed by atoms with Gasteiger partial charge in [0.15, 0.2) is 0 Å². The maximum absolute atomic E-state index is 12.4.